The first kappa shape index (κ1) is 35.0. The van der Waals surface area contributed by atoms with Gasteiger partial charge in [0.25, 0.3) is 23.6 Å². The Morgan fingerprint density at radius 2 is 1.69 bits per heavy atom. The molecule has 0 bridgehead atoms. The van der Waals surface area contributed by atoms with E-state index in [1.165, 1.54) is 28.2 Å². The maximum atomic E-state index is 14.2. The first-order valence-electron chi connectivity index (χ1n) is 17.1. The van der Waals surface area contributed by atoms with Crippen molar-refractivity contribution in [2.75, 3.05) is 35.0 Å². The highest BCUT2D eigenvalue weighted by Crippen LogP contribution is 2.35. The molecular formula is C35H35N13O4S2. The zero-order valence-electron chi connectivity index (χ0n) is 29.1. The van der Waals surface area contributed by atoms with Gasteiger partial charge in [0.2, 0.25) is 17.4 Å². The number of carbonyl (C=O) groups is 4. The summed E-state index contributed by atoms with van der Waals surface area (Å²) < 4.78 is 7.53. The van der Waals surface area contributed by atoms with E-state index < -0.39 is 35.6 Å². The van der Waals surface area contributed by atoms with Crippen LogP contribution in [0.25, 0.3) is 0 Å². The standard InChI is InChI=1S/C35H35N13O4S2/c1-20-27-33(54-44-20)36-18-23(34(52)46(27)2)37-31(50)28-39-35(45-41-28,17-22-12-7-4-8-13-22)48-25(16-21-10-5-3-6-11-21)40-42-29(48)32(51)38-24-19-53-26-14-9-15-47(26)43-30(24)49/h3-15,23-24,36,45H,16-19H2,1-2H3,(H,37,50)(H,38,51)(H,39,41)(H,43,49). The van der Waals surface area contributed by atoms with Crippen LogP contribution in [0.3, 0.4) is 0 Å². The average Bonchev–Trinajstić information content (AvgIpc) is 3.96. The highest BCUT2D eigenvalue weighted by molar-refractivity contribution is 7.99. The summed E-state index contributed by atoms with van der Waals surface area (Å²) in [5, 5.41) is 19.3. The Labute approximate surface area is 317 Å². The fourth-order valence-electron chi connectivity index (χ4n) is 6.59. The van der Waals surface area contributed by atoms with Crippen molar-refractivity contribution in [1.29, 1.82) is 0 Å². The molecule has 0 radical (unpaired) electrons. The number of carbonyl (C=O) groups excluding carboxylic acids is 4. The van der Waals surface area contributed by atoms with Crippen LogP contribution in [0.4, 0.5) is 10.7 Å². The number of aromatic nitrogens is 5. The van der Waals surface area contributed by atoms with Gasteiger partial charge in [-0.25, -0.2) is 4.99 Å². The molecule has 4 amide bonds. The number of benzene rings is 2. The van der Waals surface area contributed by atoms with E-state index in [4.69, 9.17) is 4.99 Å². The van der Waals surface area contributed by atoms with Gasteiger partial charge in [-0.05, 0) is 41.7 Å². The molecule has 54 heavy (non-hydrogen) atoms. The molecule has 3 aliphatic heterocycles. The number of anilines is 2. The lowest BCUT2D eigenvalue weighted by atomic mass is 10.1. The zero-order valence-corrected chi connectivity index (χ0v) is 30.7. The fourth-order valence-corrected chi connectivity index (χ4v) is 8.42. The lowest BCUT2D eigenvalue weighted by molar-refractivity contribution is -0.124. The molecule has 3 aromatic heterocycles. The molecule has 0 spiro atoms. The Bertz CT molecular complexity index is 2270. The van der Waals surface area contributed by atoms with Gasteiger partial charge in [-0.2, -0.15) is 9.80 Å². The predicted octanol–water partition coefficient (Wildman–Crippen LogP) is 1.34. The molecule has 0 saturated carbocycles. The number of hydrogen-bond acceptors (Lipinski definition) is 13. The van der Waals surface area contributed by atoms with Crippen LogP contribution in [-0.4, -0.2) is 84.7 Å². The van der Waals surface area contributed by atoms with E-state index in [0.717, 1.165) is 21.2 Å². The number of hydrogen-bond donors (Lipinski definition) is 6. The van der Waals surface area contributed by atoms with Crippen molar-refractivity contribution in [3.05, 3.63) is 107 Å². The molecule has 0 fully saturated rings. The molecule has 6 heterocycles. The van der Waals surface area contributed by atoms with Gasteiger partial charge in [0.05, 0.1) is 10.7 Å². The molecule has 0 saturated heterocycles. The second-order valence-corrected chi connectivity index (χ2v) is 14.7. The van der Waals surface area contributed by atoms with Gasteiger partial charge < -0.3 is 20.9 Å². The van der Waals surface area contributed by atoms with Gasteiger partial charge in [-0.15, -0.1) is 22.0 Å². The van der Waals surface area contributed by atoms with Crippen molar-refractivity contribution < 1.29 is 19.2 Å². The molecule has 3 aliphatic rings. The molecule has 5 aromatic rings. The van der Waals surface area contributed by atoms with Gasteiger partial charge in [-0.3, -0.25) is 39.3 Å². The van der Waals surface area contributed by atoms with Gasteiger partial charge in [0.15, 0.2) is 0 Å². The number of hydrazine groups is 1. The summed E-state index contributed by atoms with van der Waals surface area (Å²) in [6.45, 7) is 1.96. The number of thioether (sulfide) groups is 1. The topological polar surface area (TPSA) is 205 Å². The van der Waals surface area contributed by atoms with Crippen LogP contribution in [0.1, 0.15) is 33.3 Å². The van der Waals surface area contributed by atoms with E-state index >= 15 is 0 Å². The fraction of sp³-hybridized carbons (Fsp3) is 0.257. The molecule has 3 unspecified atom stereocenters. The number of rotatable bonds is 9. The summed E-state index contributed by atoms with van der Waals surface area (Å²) >= 11 is 2.67. The van der Waals surface area contributed by atoms with Gasteiger partial charge in [0, 0.05) is 38.4 Å². The van der Waals surface area contributed by atoms with E-state index in [1.807, 2.05) is 79.7 Å². The van der Waals surface area contributed by atoms with Crippen molar-refractivity contribution in [2.45, 2.75) is 42.7 Å². The largest absolute Gasteiger partial charge is 0.371 e. The number of likely N-dealkylation sites (N-methyl/N-ethyl adjacent to an activating group) is 1. The Balaban J connectivity index is 1.14. The number of amides is 4. The van der Waals surface area contributed by atoms with Crippen molar-refractivity contribution in [1.82, 2.24) is 45.3 Å². The van der Waals surface area contributed by atoms with Crippen molar-refractivity contribution in [3.63, 3.8) is 0 Å². The summed E-state index contributed by atoms with van der Waals surface area (Å²) in [6, 6.07) is 20.9. The number of fused-ring (bicyclic) bond motifs is 2. The minimum Gasteiger partial charge on any atom is -0.371 e. The summed E-state index contributed by atoms with van der Waals surface area (Å²) in [5.74, 6) is -3.18. The summed E-state index contributed by atoms with van der Waals surface area (Å²) in [5.41, 5.74) is 12.0. The Kier molecular flexibility index (Phi) is 9.34. The van der Waals surface area contributed by atoms with Crippen LogP contribution in [0.2, 0.25) is 0 Å². The third-order valence-electron chi connectivity index (χ3n) is 9.22. The molecule has 6 N–H and O–H groups in total. The van der Waals surface area contributed by atoms with Gasteiger partial charge in [0.1, 0.15) is 28.6 Å². The quantitative estimate of drug-likeness (QED) is 0.126. The first-order chi connectivity index (χ1) is 26.2. The zero-order chi connectivity index (χ0) is 37.4. The number of nitrogens with one attached hydrogen (secondary N) is 6. The number of nitrogens with zero attached hydrogens (tertiary/aromatic N) is 7. The highest BCUT2D eigenvalue weighted by Gasteiger charge is 2.45. The molecule has 8 rings (SSSR count). The van der Waals surface area contributed by atoms with E-state index in [-0.39, 0.29) is 42.7 Å². The molecule has 2 aromatic carbocycles. The first-order valence-corrected chi connectivity index (χ1v) is 18.8. The Morgan fingerprint density at radius 1 is 0.944 bits per heavy atom. The van der Waals surface area contributed by atoms with Crippen LogP contribution in [0.5, 0.6) is 0 Å². The summed E-state index contributed by atoms with van der Waals surface area (Å²) in [4.78, 5) is 61.3. The second kappa shape index (κ2) is 14.4. The highest BCUT2D eigenvalue weighted by atomic mass is 32.2. The average molecular weight is 766 g/mol. The molecule has 0 aliphatic carbocycles. The normalized spacial score (nSPS) is 20.7. The SMILES string of the molecule is Cc1nsc2c1N(C)C(=O)C(NC(=O)C1=NC(Cc3ccccc3)(n3c(Cc4ccccc4)nnc3C(=O)NC3CSc4cccn4NC3=O)NN1)CN2. The van der Waals surface area contributed by atoms with Crippen LogP contribution in [0.15, 0.2) is 89.0 Å². The van der Waals surface area contributed by atoms with Crippen LogP contribution < -0.4 is 37.1 Å². The predicted molar refractivity (Wildman–Crippen MR) is 203 cm³/mol. The molecule has 17 nitrogen and oxygen atoms in total. The summed E-state index contributed by atoms with van der Waals surface area (Å²) in [6.07, 6.45) is 2.14. The van der Waals surface area contributed by atoms with E-state index in [9.17, 15) is 19.2 Å². The van der Waals surface area contributed by atoms with Gasteiger partial charge >= 0.3 is 0 Å². The molecule has 276 valence electrons. The van der Waals surface area contributed by atoms with Crippen LogP contribution in [0, 0.1) is 6.92 Å². The van der Waals surface area contributed by atoms with Crippen molar-refractivity contribution >= 4 is 63.4 Å². The Morgan fingerprint density at radius 3 is 2.46 bits per heavy atom. The minimum atomic E-state index is -1.55. The lowest BCUT2D eigenvalue weighted by Crippen LogP contribution is -2.55. The number of amidine groups is 1. The third kappa shape index (κ3) is 6.67. The van der Waals surface area contributed by atoms with Crippen molar-refractivity contribution in [2.24, 2.45) is 4.99 Å². The number of aryl methyl sites for hydroxylation is 1. The molecular weight excluding hydrogens is 731 g/mol. The van der Waals surface area contributed by atoms with E-state index in [1.54, 1.807) is 22.5 Å². The molecule has 3 atom stereocenters. The third-order valence-corrected chi connectivity index (χ3v) is 11.2. The smallest absolute Gasteiger partial charge is 0.290 e. The second-order valence-electron chi connectivity index (χ2n) is 12.9. The van der Waals surface area contributed by atoms with E-state index in [0.29, 0.717) is 17.2 Å². The van der Waals surface area contributed by atoms with E-state index in [2.05, 4.69) is 46.8 Å². The maximum absolute atomic E-state index is 14.2. The van der Waals surface area contributed by atoms with Crippen LogP contribution >= 0.6 is 23.3 Å². The number of aliphatic imine (C=N–C) groups is 1. The summed E-state index contributed by atoms with van der Waals surface area (Å²) in [7, 11) is 1.65. The monoisotopic (exact) mass is 765 g/mol. The van der Waals surface area contributed by atoms with Gasteiger partial charge in [-0.1, -0.05) is 60.7 Å². The Hall–Kier alpha value is -6.05. The maximum Gasteiger partial charge on any atom is 0.290 e. The molecule has 19 heteroatoms. The minimum absolute atomic E-state index is 0.120. The van der Waals surface area contributed by atoms with Crippen LogP contribution in [-0.2, 0) is 33.0 Å². The lowest BCUT2D eigenvalue weighted by Gasteiger charge is -2.30. The van der Waals surface area contributed by atoms with Crippen molar-refractivity contribution in [3.8, 4) is 0 Å².